The van der Waals surface area contributed by atoms with Crippen LogP contribution in [-0.2, 0) is 19.6 Å². The van der Waals surface area contributed by atoms with Crippen molar-refractivity contribution in [1.82, 2.24) is 0 Å². The SMILES string of the molecule is CCOc1ccc(OCC(=O)OCC(=O)c2ccc(N(C)S(C)(=O)=O)cc2)cc1. The van der Waals surface area contributed by atoms with Gasteiger partial charge in [-0.3, -0.25) is 9.10 Å². The number of sulfonamides is 1. The highest BCUT2D eigenvalue weighted by atomic mass is 32.2. The third-order valence-electron chi connectivity index (χ3n) is 3.91. The summed E-state index contributed by atoms with van der Waals surface area (Å²) in [7, 11) is -1.97. The number of carbonyl (C=O) groups excluding carboxylic acids is 2. The third kappa shape index (κ3) is 6.79. The van der Waals surface area contributed by atoms with Crippen LogP contribution in [0.1, 0.15) is 17.3 Å². The molecule has 0 unspecified atom stereocenters. The molecule has 8 nitrogen and oxygen atoms in total. The number of esters is 1. The number of Topliss-reactive ketones (excluding diaryl/α,β-unsaturated/α-hetero) is 1. The molecule has 0 amide bonds. The first-order valence-electron chi connectivity index (χ1n) is 8.79. The Bertz CT molecular complexity index is 938. The number of hydrogen-bond donors (Lipinski definition) is 0. The van der Waals surface area contributed by atoms with E-state index >= 15 is 0 Å². The summed E-state index contributed by atoms with van der Waals surface area (Å²) in [5, 5.41) is 0. The van der Waals surface area contributed by atoms with Crippen molar-refractivity contribution in [3.05, 3.63) is 54.1 Å². The Morgan fingerprint density at radius 3 is 1.97 bits per heavy atom. The number of nitrogens with zero attached hydrogens (tertiary/aromatic N) is 1. The smallest absolute Gasteiger partial charge is 0.344 e. The fourth-order valence-electron chi connectivity index (χ4n) is 2.26. The van der Waals surface area contributed by atoms with Crippen LogP contribution in [0.3, 0.4) is 0 Å². The predicted molar refractivity (Wildman–Crippen MR) is 108 cm³/mol. The van der Waals surface area contributed by atoms with Gasteiger partial charge in [0.15, 0.2) is 19.0 Å². The van der Waals surface area contributed by atoms with Gasteiger partial charge < -0.3 is 14.2 Å². The van der Waals surface area contributed by atoms with E-state index < -0.39 is 28.4 Å². The van der Waals surface area contributed by atoms with E-state index in [9.17, 15) is 18.0 Å². The van der Waals surface area contributed by atoms with Crippen molar-refractivity contribution in [3.63, 3.8) is 0 Å². The van der Waals surface area contributed by atoms with Crippen molar-refractivity contribution in [3.8, 4) is 11.5 Å². The number of hydrogen-bond acceptors (Lipinski definition) is 7. The molecule has 156 valence electrons. The molecular formula is C20H23NO7S. The Hall–Kier alpha value is -3.07. The Balaban J connectivity index is 1.81. The topological polar surface area (TPSA) is 99.2 Å². The molecule has 9 heteroatoms. The summed E-state index contributed by atoms with van der Waals surface area (Å²) in [5.74, 6) is 0.0812. The van der Waals surface area contributed by atoms with Crippen LogP contribution < -0.4 is 13.8 Å². The molecule has 0 fully saturated rings. The minimum atomic E-state index is -3.39. The lowest BCUT2D eigenvalue weighted by Gasteiger charge is -2.16. The van der Waals surface area contributed by atoms with Crippen molar-refractivity contribution in [2.75, 3.05) is 37.4 Å². The zero-order chi connectivity index (χ0) is 21.4. The molecule has 0 aromatic heterocycles. The minimum absolute atomic E-state index is 0.302. The van der Waals surface area contributed by atoms with E-state index in [-0.39, 0.29) is 6.61 Å². The second kappa shape index (κ2) is 9.92. The minimum Gasteiger partial charge on any atom is -0.494 e. The van der Waals surface area contributed by atoms with E-state index in [1.807, 2.05) is 6.92 Å². The van der Waals surface area contributed by atoms with E-state index in [0.717, 1.165) is 10.6 Å². The Kier molecular flexibility index (Phi) is 7.60. The van der Waals surface area contributed by atoms with Gasteiger partial charge in [0.25, 0.3) is 0 Å². The summed E-state index contributed by atoms with van der Waals surface area (Å²) in [6.45, 7) is 1.66. The highest BCUT2D eigenvalue weighted by Crippen LogP contribution is 2.18. The van der Waals surface area contributed by atoms with Gasteiger partial charge in [0.2, 0.25) is 10.0 Å². The van der Waals surface area contributed by atoms with Crippen molar-refractivity contribution in [1.29, 1.82) is 0 Å². The van der Waals surface area contributed by atoms with Crippen LogP contribution in [-0.4, -0.2) is 53.3 Å². The largest absolute Gasteiger partial charge is 0.494 e. The van der Waals surface area contributed by atoms with Crippen LogP contribution in [0.15, 0.2) is 48.5 Å². The number of anilines is 1. The van der Waals surface area contributed by atoms with Crippen LogP contribution in [0.25, 0.3) is 0 Å². The van der Waals surface area contributed by atoms with Gasteiger partial charge in [-0.15, -0.1) is 0 Å². The first kappa shape index (κ1) is 22.2. The summed E-state index contributed by atoms with van der Waals surface area (Å²) in [5.41, 5.74) is 0.723. The number of ether oxygens (including phenoxy) is 3. The molecule has 0 aliphatic rings. The fourth-order valence-corrected chi connectivity index (χ4v) is 2.77. The van der Waals surface area contributed by atoms with Crippen molar-refractivity contribution in [2.24, 2.45) is 0 Å². The van der Waals surface area contributed by atoms with Gasteiger partial charge in [-0.25, -0.2) is 13.2 Å². The highest BCUT2D eigenvalue weighted by molar-refractivity contribution is 7.92. The van der Waals surface area contributed by atoms with Gasteiger partial charge in [0, 0.05) is 12.6 Å². The zero-order valence-electron chi connectivity index (χ0n) is 16.5. The Labute approximate surface area is 170 Å². The summed E-state index contributed by atoms with van der Waals surface area (Å²) < 4.78 is 39.7. The van der Waals surface area contributed by atoms with E-state index in [0.29, 0.717) is 29.4 Å². The molecule has 0 atom stereocenters. The second-order valence-electron chi connectivity index (χ2n) is 6.05. The maximum atomic E-state index is 12.1. The molecule has 0 aliphatic carbocycles. The van der Waals surface area contributed by atoms with Gasteiger partial charge in [-0.1, -0.05) is 0 Å². The average molecular weight is 421 g/mol. The highest BCUT2D eigenvalue weighted by Gasteiger charge is 2.14. The Morgan fingerprint density at radius 2 is 1.45 bits per heavy atom. The molecule has 0 saturated heterocycles. The van der Waals surface area contributed by atoms with Crippen LogP contribution in [0.2, 0.25) is 0 Å². The first-order valence-corrected chi connectivity index (χ1v) is 10.6. The number of rotatable bonds is 10. The molecule has 0 saturated carbocycles. The molecule has 2 aromatic carbocycles. The molecule has 29 heavy (non-hydrogen) atoms. The lowest BCUT2D eigenvalue weighted by atomic mass is 10.1. The molecule has 0 heterocycles. The van der Waals surface area contributed by atoms with E-state index in [4.69, 9.17) is 14.2 Å². The maximum Gasteiger partial charge on any atom is 0.344 e. The van der Waals surface area contributed by atoms with E-state index in [1.165, 1.54) is 31.3 Å². The predicted octanol–water partition coefficient (Wildman–Crippen LogP) is 2.29. The number of ketones is 1. The fraction of sp³-hybridized carbons (Fsp3) is 0.300. The molecule has 0 bridgehead atoms. The van der Waals surface area contributed by atoms with Gasteiger partial charge in [0.1, 0.15) is 11.5 Å². The normalized spacial score (nSPS) is 10.9. The van der Waals surface area contributed by atoms with E-state index in [1.54, 1.807) is 24.3 Å². The molecule has 2 rings (SSSR count). The van der Waals surface area contributed by atoms with Crippen molar-refractivity contribution < 1.29 is 32.2 Å². The van der Waals surface area contributed by atoms with Gasteiger partial charge in [0.05, 0.1) is 18.6 Å². The van der Waals surface area contributed by atoms with Crippen molar-refractivity contribution >= 4 is 27.5 Å². The van der Waals surface area contributed by atoms with E-state index in [2.05, 4.69) is 0 Å². The van der Waals surface area contributed by atoms with Gasteiger partial charge in [-0.2, -0.15) is 0 Å². The molecule has 0 spiro atoms. The van der Waals surface area contributed by atoms with Gasteiger partial charge in [-0.05, 0) is 55.5 Å². The number of benzene rings is 2. The first-order chi connectivity index (χ1) is 13.7. The number of carbonyl (C=O) groups is 2. The van der Waals surface area contributed by atoms with Crippen LogP contribution >= 0.6 is 0 Å². The third-order valence-corrected chi connectivity index (χ3v) is 5.11. The standard InChI is InChI=1S/C20H23NO7S/c1-4-26-17-9-11-18(12-10-17)27-14-20(23)28-13-19(22)15-5-7-16(8-6-15)21(2)29(3,24)25/h5-12H,4,13-14H2,1-3H3. The van der Waals surface area contributed by atoms with Crippen LogP contribution in [0.4, 0.5) is 5.69 Å². The van der Waals surface area contributed by atoms with Crippen LogP contribution in [0.5, 0.6) is 11.5 Å². The van der Waals surface area contributed by atoms with Gasteiger partial charge >= 0.3 is 5.97 Å². The van der Waals surface area contributed by atoms with Crippen LogP contribution in [0, 0.1) is 0 Å². The molecule has 0 aliphatic heterocycles. The second-order valence-corrected chi connectivity index (χ2v) is 8.07. The summed E-state index contributed by atoms with van der Waals surface area (Å²) in [6, 6.07) is 12.7. The summed E-state index contributed by atoms with van der Waals surface area (Å²) >= 11 is 0. The summed E-state index contributed by atoms with van der Waals surface area (Å²) in [6.07, 6.45) is 1.08. The summed E-state index contributed by atoms with van der Waals surface area (Å²) in [4.78, 5) is 23.9. The average Bonchev–Trinajstić information content (AvgIpc) is 2.70. The monoisotopic (exact) mass is 421 g/mol. The maximum absolute atomic E-state index is 12.1. The molecule has 0 radical (unpaired) electrons. The molecule has 2 aromatic rings. The Morgan fingerprint density at radius 1 is 0.897 bits per heavy atom. The molecule has 0 N–H and O–H groups in total. The lowest BCUT2D eigenvalue weighted by Crippen LogP contribution is -2.24. The molecular weight excluding hydrogens is 398 g/mol. The lowest BCUT2D eigenvalue weighted by molar-refractivity contribution is -0.144. The zero-order valence-corrected chi connectivity index (χ0v) is 17.3. The van der Waals surface area contributed by atoms with Crippen molar-refractivity contribution in [2.45, 2.75) is 6.92 Å². The quantitative estimate of drug-likeness (QED) is 0.429.